The molecular weight excluding hydrogens is 470 g/mol. The molecule has 1 aliphatic heterocycles. The van der Waals surface area contributed by atoms with E-state index in [2.05, 4.69) is 0 Å². The Bertz CT molecular complexity index is 1230. The number of Topliss-reactive ketones (excluding diaryl/α,β-unsaturated/α-hetero) is 1. The van der Waals surface area contributed by atoms with E-state index in [0.717, 1.165) is 22.4 Å². The van der Waals surface area contributed by atoms with E-state index in [1.807, 2.05) is 37.4 Å². The Kier molecular flexibility index (Phi) is 7.39. The van der Waals surface area contributed by atoms with Gasteiger partial charge in [0.15, 0.2) is 0 Å². The zero-order chi connectivity index (χ0) is 24.2. The first-order valence-corrected chi connectivity index (χ1v) is 12.5. The Morgan fingerprint density at radius 3 is 2.59 bits per heavy atom. The van der Waals surface area contributed by atoms with Gasteiger partial charge in [0.2, 0.25) is 0 Å². The minimum absolute atomic E-state index is 0.110. The molecule has 1 saturated heterocycles. The van der Waals surface area contributed by atoms with E-state index in [4.69, 9.17) is 16.3 Å². The molecule has 0 bridgehead atoms. The summed E-state index contributed by atoms with van der Waals surface area (Å²) < 4.78 is 5.69. The maximum Gasteiger partial charge on any atom is 0.295 e. The quantitative estimate of drug-likeness (QED) is 0.231. The van der Waals surface area contributed by atoms with Crippen molar-refractivity contribution < 1.29 is 19.4 Å². The van der Waals surface area contributed by atoms with E-state index in [0.29, 0.717) is 35.9 Å². The van der Waals surface area contributed by atoms with Gasteiger partial charge in [-0.2, -0.15) is 0 Å². The van der Waals surface area contributed by atoms with Gasteiger partial charge in [-0.05, 0) is 66.6 Å². The maximum atomic E-state index is 13.2. The van der Waals surface area contributed by atoms with E-state index in [-0.39, 0.29) is 11.3 Å². The van der Waals surface area contributed by atoms with Crippen LogP contribution in [0.1, 0.15) is 41.0 Å². The summed E-state index contributed by atoms with van der Waals surface area (Å²) in [6, 6.07) is 15.7. The molecule has 1 amide bonds. The summed E-state index contributed by atoms with van der Waals surface area (Å²) >= 11 is 7.47. The Hall–Kier alpha value is -3.09. The monoisotopic (exact) mass is 495 g/mol. The molecule has 3 aromatic rings. The van der Waals surface area contributed by atoms with E-state index in [9.17, 15) is 14.7 Å². The molecule has 176 valence electrons. The predicted molar refractivity (Wildman–Crippen MR) is 135 cm³/mol. The molecule has 5 nitrogen and oxygen atoms in total. The first-order chi connectivity index (χ1) is 16.4. The lowest BCUT2D eigenvalue weighted by Gasteiger charge is -2.25. The van der Waals surface area contributed by atoms with Gasteiger partial charge in [-0.1, -0.05) is 42.8 Å². The average Bonchev–Trinajstić information content (AvgIpc) is 3.37. The summed E-state index contributed by atoms with van der Waals surface area (Å²) in [6.45, 7) is 4.85. The number of carbonyl (C=O) groups is 2. The summed E-state index contributed by atoms with van der Waals surface area (Å²) in [5.74, 6) is -0.864. The molecule has 34 heavy (non-hydrogen) atoms. The lowest BCUT2D eigenvalue weighted by atomic mass is 9.98. The van der Waals surface area contributed by atoms with E-state index in [1.54, 1.807) is 41.3 Å². The summed E-state index contributed by atoms with van der Waals surface area (Å²) in [4.78, 5) is 28.8. The van der Waals surface area contributed by atoms with Crippen LogP contribution < -0.4 is 4.74 Å². The number of hydrogen-bond donors (Lipinski definition) is 1. The van der Waals surface area contributed by atoms with Crippen molar-refractivity contribution >= 4 is 40.4 Å². The molecule has 1 fully saturated rings. The Morgan fingerprint density at radius 1 is 1.15 bits per heavy atom. The van der Waals surface area contributed by atoms with Crippen LogP contribution in [0.15, 0.2) is 65.6 Å². The number of benzene rings is 2. The van der Waals surface area contributed by atoms with Crippen molar-refractivity contribution in [2.75, 3.05) is 13.2 Å². The third-order valence-corrected chi connectivity index (χ3v) is 7.15. The standard InChI is InChI=1S/C27H26ClNO4S/c1-3-14-33-21-6-4-5-19(16-21)24(30)22-23(26-17(2)12-15-34-26)29(27(32)25(22)31)13-11-18-7-9-20(28)10-8-18/h4-10,12,15-16,23,30H,3,11,13-14H2,1-2H3/b24-22-. The van der Waals surface area contributed by atoms with Gasteiger partial charge in [0.1, 0.15) is 11.5 Å². The Labute approximate surface area is 208 Å². The molecule has 1 atom stereocenters. The highest BCUT2D eigenvalue weighted by atomic mass is 35.5. The van der Waals surface area contributed by atoms with Crippen molar-refractivity contribution in [1.29, 1.82) is 0 Å². The van der Waals surface area contributed by atoms with Crippen molar-refractivity contribution in [2.24, 2.45) is 0 Å². The van der Waals surface area contributed by atoms with Crippen molar-refractivity contribution in [3.63, 3.8) is 0 Å². The molecule has 2 heterocycles. The van der Waals surface area contributed by atoms with Crippen LogP contribution in [-0.4, -0.2) is 34.8 Å². The molecule has 1 aromatic heterocycles. The highest BCUT2D eigenvalue weighted by Crippen LogP contribution is 2.42. The van der Waals surface area contributed by atoms with Crippen LogP contribution in [0.4, 0.5) is 0 Å². The van der Waals surface area contributed by atoms with Crippen molar-refractivity contribution in [3.8, 4) is 5.75 Å². The molecule has 7 heteroatoms. The van der Waals surface area contributed by atoms with Crippen molar-refractivity contribution in [2.45, 2.75) is 32.7 Å². The zero-order valence-electron chi connectivity index (χ0n) is 19.1. The lowest BCUT2D eigenvalue weighted by molar-refractivity contribution is -0.139. The number of aliphatic hydroxyl groups excluding tert-OH is 1. The maximum absolute atomic E-state index is 13.2. The fraction of sp³-hybridized carbons (Fsp3) is 0.259. The van der Waals surface area contributed by atoms with Crippen molar-refractivity contribution in [1.82, 2.24) is 4.90 Å². The summed E-state index contributed by atoms with van der Waals surface area (Å²) in [5.41, 5.74) is 2.54. The molecule has 0 aliphatic carbocycles. The average molecular weight is 496 g/mol. The minimum atomic E-state index is -0.675. The van der Waals surface area contributed by atoms with Gasteiger partial charge >= 0.3 is 0 Å². The first kappa shape index (κ1) is 24.0. The number of amides is 1. The number of halogens is 1. The number of hydrogen-bond acceptors (Lipinski definition) is 5. The first-order valence-electron chi connectivity index (χ1n) is 11.2. The van der Waals surface area contributed by atoms with Gasteiger partial charge in [-0.3, -0.25) is 9.59 Å². The molecule has 4 rings (SSSR count). The van der Waals surface area contributed by atoms with Crippen LogP contribution in [0.5, 0.6) is 5.75 Å². The molecule has 2 aromatic carbocycles. The van der Waals surface area contributed by atoms with Crippen LogP contribution in [0, 0.1) is 6.92 Å². The number of thiophene rings is 1. The lowest BCUT2D eigenvalue weighted by Crippen LogP contribution is -2.31. The molecule has 1 N–H and O–H groups in total. The highest BCUT2D eigenvalue weighted by molar-refractivity contribution is 7.10. The van der Waals surface area contributed by atoms with Crippen LogP contribution in [0.25, 0.3) is 5.76 Å². The highest BCUT2D eigenvalue weighted by Gasteiger charge is 2.46. The molecule has 0 saturated carbocycles. The number of likely N-dealkylation sites (tertiary alicyclic amines) is 1. The number of aliphatic hydroxyl groups is 1. The second-order valence-electron chi connectivity index (χ2n) is 8.21. The molecule has 0 radical (unpaired) electrons. The van der Waals surface area contributed by atoms with Gasteiger partial charge < -0.3 is 14.7 Å². The van der Waals surface area contributed by atoms with E-state index in [1.165, 1.54) is 11.3 Å². The Morgan fingerprint density at radius 2 is 1.91 bits per heavy atom. The van der Waals surface area contributed by atoms with Crippen LogP contribution in [0.3, 0.4) is 0 Å². The predicted octanol–water partition coefficient (Wildman–Crippen LogP) is 6.16. The number of nitrogens with zero attached hydrogens (tertiary/aromatic N) is 1. The third kappa shape index (κ3) is 4.88. The Balaban J connectivity index is 1.73. The van der Waals surface area contributed by atoms with Crippen molar-refractivity contribution in [3.05, 3.63) is 92.1 Å². The SMILES string of the molecule is CCCOc1cccc(/C(O)=C2/C(=O)C(=O)N(CCc3ccc(Cl)cc3)C2c2sccc2C)c1. The molecule has 1 aliphatic rings. The second-order valence-corrected chi connectivity index (χ2v) is 9.60. The number of rotatable bonds is 8. The largest absolute Gasteiger partial charge is 0.507 e. The number of ketones is 1. The smallest absolute Gasteiger partial charge is 0.295 e. The van der Waals surface area contributed by atoms with Crippen LogP contribution in [-0.2, 0) is 16.0 Å². The number of carbonyl (C=O) groups excluding carboxylic acids is 2. The molecule has 1 unspecified atom stereocenters. The van der Waals surface area contributed by atoms with Gasteiger partial charge in [0.05, 0.1) is 18.2 Å². The fourth-order valence-electron chi connectivity index (χ4n) is 4.06. The van der Waals surface area contributed by atoms with Gasteiger partial charge in [-0.25, -0.2) is 0 Å². The zero-order valence-corrected chi connectivity index (χ0v) is 20.7. The van der Waals surface area contributed by atoms with Gasteiger partial charge in [-0.15, -0.1) is 11.3 Å². The summed E-state index contributed by atoms with van der Waals surface area (Å²) in [7, 11) is 0. The third-order valence-electron chi connectivity index (χ3n) is 5.82. The molecule has 0 spiro atoms. The minimum Gasteiger partial charge on any atom is -0.507 e. The van der Waals surface area contributed by atoms with Crippen LogP contribution in [0.2, 0.25) is 5.02 Å². The van der Waals surface area contributed by atoms with Crippen LogP contribution >= 0.6 is 22.9 Å². The van der Waals surface area contributed by atoms with Gasteiger partial charge in [0, 0.05) is 22.0 Å². The van der Waals surface area contributed by atoms with E-state index >= 15 is 0 Å². The summed E-state index contributed by atoms with van der Waals surface area (Å²) in [5, 5.41) is 13.8. The number of aryl methyl sites for hydroxylation is 1. The fourth-order valence-corrected chi connectivity index (χ4v) is 5.23. The van der Waals surface area contributed by atoms with Gasteiger partial charge in [0.25, 0.3) is 11.7 Å². The topological polar surface area (TPSA) is 66.8 Å². The second kappa shape index (κ2) is 10.5. The van der Waals surface area contributed by atoms with E-state index < -0.39 is 17.7 Å². The summed E-state index contributed by atoms with van der Waals surface area (Å²) in [6.07, 6.45) is 1.41. The molecular formula is C27H26ClNO4S. The number of ether oxygens (including phenoxy) is 1. The normalized spacial score (nSPS) is 17.4.